The SMILES string of the molecule is CCC(C)CCCCCCc1ccccc1. The Labute approximate surface area is 101 Å². The van der Waals surface area contributed by atoms with Crippen LogP contribution in [0.2, 0.25) is 0 Å². The van der Waals surface area contributed by atoms with Crippen molar-refractivity contribution in [1.82, 2.24) is 0 Å². The van der Waals surface area contributed by atoms with Crippen molar-refractivity contribution in [3.05, 3.63) is 35.9 Å². The van der Waals surface area contributed by atoms with Gasteiger partial charge in [0.2, 0.25) is 0 Å². The summed E-state index contributed by atoms with van der Waals surface area (Å²) in [6.07, 6.45) is 9.59. The topological polar surface area (TPSA) is 0 Å². The molecule has 0 bridgehead atoms. The van der Waals surface area contributed by atoms with Gasteiger partial charge in [0.15, 0.2) is 0 Å². The molecule has 1 atom stereocenters. The van der Waals surface area contributed by atoms with Crippen molar-refractivity contribution >= 4 is 0 Å². The van der Waals surface area contributed by atoms with Crippen LogP contribution in [0.1, 0.15) is 57.9 Å². The van der Waals surface area contributed by atoms with E-state index in [2.05, 4.69) is 44.2 Å². The number of hydrogen-bond acceptors (Lipinski definition) is 0. The van der Waals surface area contributed by atoms with Gasteiger partial charge in [0.05, 0.1) is 0 Å². The average Bonchev–Trinajstić information content (AvgIpc) is 2.34. The fraction of sp³-hybridized carbons (Fsp3) is 0.625. The minimum absolute atomic E-state index is 0.925. The van der Waals surface area contributed by atoms with Gasteiger partial charge < -0.3 is 0 Å². The molecule has 0 amide bonds. The van der Waals surface area contributed by atoms with Crippen LogP contribution in [0.25, 0.3) is 0 Å². The van der Waals surface area contributed by atoms with Crippen molar-refractivity contribution in [1.29, 1.82) is 0 Å². The Morgan fingerprint density at radius 1 is 0.938 bits per heavy atom. The summed E-state index contributed by atoms with van der Waals surface area (Å²) in [5.74, 6) is 0.925. The lowest BCUT2D eigenvalue weighted by atomic mass is 9.99. The van der Waals surface area contributed by atoms with Crippen molar-refractivity contribution < 1.29 is 0 Å². The molecule has 0 spiro atoms. The predicted molar refractivity (Wildman–Crippen MR) is 72.7 cm³/mol. The summed E-state index contributed by atoms with van der Waals surface area (Å²) < 4.78 is 0. The molecule has 0 aliphatic carbocycles. The van der Waals surface area contributed by atoms with Crippen LogP contribution in [-0.2, 0) is 6.42 Å². The highest BCUT2D eigenvalue weighted by molar-refractivity contribution is 5.14. The maximum Gasteiger partial charge on any atom is -0.0279 e. The van der Waals surface area contributed by atoms with Crippen LogP contribution in [0, 0.1) is 5.92 Å². The van der Waals surface area contributed by atoms with Gasteiger partial charge in [-0.2, -0.15) is 0 Å². The summed E-state index contributed by atoms with van der Waals surface area (Å²) >= 11 is 0. The molecule has 16 heavy (non-hydrogen) atoms. The molecule has 1 aromatic carbocycles. The highest BCUT2D eigenvalue weighted by atomic mass is 14.0. The Morgan fingerprint density at radius 3 is 2.31 bits per heavy atom. The molecular weight excluding hydrogens is 192 g/mol. The van der Waals surface area contributed by atoms with E-state index in [4.69, 9.17) is 0 Å². The second kappa shape index (κ2) is 8.38. The second-order valence-electron chi connectivity index (χ2n) is 4.95. The maximum absolute atomic E-state index is 2.37. The highest BCUT2D eigenvalue weighted by Gasteiger charge is 1.98. The number of aryl methyl sites for hydroxylation is 1. The molecule has 0 radical (unpaired) electrons. The molecule has 0 aliphatic rings. The van der Waals surface area contributed by atoms with Crippen LogP contribution >= 0.6 is 0 Å². The quantitative estimate of drug-likeness (QED) is 0.524. The molecule has 0 heterocycles. The minimum atomic E-state index is 0.925. The van der Waals surface area contributed by atoms with Crippen molar-refractivity contribution in [2.24, 2.45) is 5.92 Å². The van der Waals surface area contributed by atoms with Gasteiger partial charge in [-0.05, 0) is 24.3 Å². The van der Waals surface area contributed by atoms with Gasteiger partial charge in [0.25, 0.3) is 0 Å². The Hall–Kier alpha value is -0.780. The molecule has 0 heteroatoms. The van der Waals surface area contributed by atoms with Crippen molar-refractivity contribution in [3.8, 4) is 0 Å². The zero-order valence-corrected chi connectivity index (χ0v) is 10.9. The zero-order valence-electron chi connectivity index (χ0n) is 10.9. The average molecular weight is 218 g/mol. The molecule has 0 saturated heterocycles. The van der Waals surface area contributed by atoms with E-state index in [-0.39, 0.29) is 0 Å². The summed E-state index contributed by atoms with van der Waals surface area (Å²) in [5, 5.41) is 0. The van der Waals surface area contributed by atoms with Crippen LogP contribution in [0.15, 0.2) is 30.3 Å². The van der Waals surface area contributed by atoms with Crippen LogP contribution in [0.4, 0.5) is 0 Å². The largest absolute Gasteiger partial charge is 0.0651 e. The molecule has 1 rings (SSSR count). The molecule has 1 unspecified atom stereocenters. The molecule has 1 aromatic rings. The van der Waals surface area contributed by atoms with Gasteiger partial charge in [-0.1, -0.05) is 76.3 Å². The standard InChI is InChI=1S/C16H26/c1-3-15(2)11-7-4-5-8-12-16-13-9-6-10-14-16/h6,9-10,13-15H,3-5,7-8,11-12H2,1-2H3. The molecule has 0 aliphatic heterocycles. The predicted octanol–water partition coefficient (Wildman–Crippen LogP) is 5.23. The minimum Gasteiger partial charge on any atom is -0.0651 e. The Morgan fingerprint density at radius 2 is 1.62 bits per heavy atom. The molecule has 0 N–H and O–H groups in total. The molecule has 0 saturated carbocycles. The third-order valence-corrected chi connectivity index (χ3v) is 3.45. The van der Waals surface area contributed by atoms with Crippen molar-refractivity contribution in [2.45, 2.75) is 58.8 Å². The van der Waals surface area contributed by atoms with E-state index in [0.717, 1.165) is 5.92 Å². The molecule has 0 aromatic heterocycles. The Kier molecular flexibility index (Phi) is 6.96. The monoisotopic (exact) mass is 218 g/mol. The second-order valence-corrected chi connectivity index (χ2v) is 4.95. The third-order valence-electron chi connectivity index (χ3n) is 3.45. The Bertz CT molecular complexity index is 250. The normalized spacial score (nSPS) is 12.6. The Balaban J connectivity index is 1.96. The number of unbranched alkanes of at least 4 members (excludes halogenated alkanes) is 3. The van der Waals surface area contributed by atoms with Crippen molar-refractivity contribution in [3.63, 3.8) is 0 Å². The van der Waals surface area contributed by atoms with E-state index in [1.165, 1.54) is 50.5 Å². The van der Waals surface area contributed by atoms with Crippen LogP contribution in [0.5, 0.6) is 0 Å². The molecule has 0 nitrogen and oxygen atoms in total. The summed E-state index contributed by atoms with van der Waals surface area (Å²) in [6.45, 7) is 4.66. The first-order valence-corrected chi connectivity index (χ1v) is 6.87. The van der Waals surface area contributed by atoms with Gasteiger partial charge in [-0.25, -0.2) is 0 Å². The van der Waals surface area contributed by atoms with Gasteiger partial charge in [0.1, 0.15) is 0 Å². The molecule has 90 valence electrons. The summed E-state index contributed by atoms with van der Waals surface area (Å²) in [5.41, 5.74) is 1.49. The van der Waals surface area contributed by atoms with Gasteiger partial charge in [-0.15, -0.1) is 0 Å². The van der Waals surface area contributed by atoms with Crippen LogP contribution in [0.3, 0.4) is 0 Å². The van der Waals surface area contributed by atoms with Crippen LogP contribution in [-0.4, -0.2) is 0 Å². The zero-order chi connectivity index (χ0) is 11.6. The van der Waals surface area contributed by atoms with E-state index in [9.17, 15) is 0 Å². The van der Waals surface area contributed by atoms with E-state index in [1.807, 2.05) is 0 Å². The van der Waals surface area contributed by atoms with Crippen LogP contribution < -0.4 is 0 Å². The van der Waals surface area contributed by atoms with Gasteiger partial charge in [-0.3, -0.25) is 0 Å². The smallest absolute Gasteiger partial charge is 0.0279 e. The summed E-state index contributed by atoms with van der Waals surface area (Å²) in [4.78, 5) is 0. The van der Waals surface area contributed by atoms with E-state index in [0.29, 0.717) is 0 Å². The first-order chi connectivity index (χ1) is 7.83. The van der Waals surface area contributed by atoms with E-state index >= 15 is 0 Å². The molecular formula is C16H26. The van der Waals surface area contributed by atoms with E-state index < -0.39 is 0 Å². The highest BCUT2D eigenvalue weighted by Crippen LogP contribution is 2.14. The lowest BCUT2D eigenvalue weighted by Gasteiger charge is -2.07. The summed E-state index contributed by atoms with van der Waals surface area (Å²) in [7, 11) is 0. The van der Waals surface area contributed by atoms with Gasteiger partial charge >= 0.3 is 0 Å². The fourth-order valence-electron chi connectivity index (χ4n) is 2.02. The summed E-state index contributed by atoms with van der Waals surface area (Å²) in [6, 6.07) is 10.8. The van der Waals surface area contributed by atoms with Gasteiger partial charge in [0, 0.05) is 0 Å². The third kappa shape index (κ3) is 5.95. The van der Waals surface area contributed by atoms with E-state index in [1.54, 1.807) is 0 Å². The molecule has 0 fully saturated rings. The lowest BCUT2D eigenvalue weighted by molar-refractivity contribution is 0.475. The first-order valence-electron chi connectivity index (χ1n) is 6.87. The first kappa shape index (κ1) is 13.3. The van der Waals surface area contributed by atoms with Crippen molar-refractivity contribution in [2.75, 3.05) is 0 Å². The fourth-order valence-corrected chi connectivity index (χ4v) is 2.02. The number of benzene rings is 1. The number of rotatable bonds is 8. The maximum atomic E-state index is 2.37. The lowest BCUT2D eigenvalue weighted by Crippen LogP contribution is -1.92. The number of hydrogen-bond donors (Lipinski definition) is 0.